The van der Waals surface area contributed by atoms with Crippen LogP contribution in [0.1, 0.15) is 28.4 Å². The van der Waals surface area contributed by atoms with Crippen LogP contribution in [-0.4, -0.2) is 17.7 Å². The van der Waals surface area contributed by atoms with Crippen molar-refractivity contribution in [1.82, 2.24) is 0 Å². The number of aromatic carboxylic acids is 1. The molecule has 0 aliphatic carbocycles. The van der Waals surface area contributed by atoms with Gasteiger partial charge in [0.25, 0.3) is 0 Å². The van der Waals surface area contributed by atoms with Gasteiger partial charge in [-0.15, -0.1) is 0 Å². The SMILES string of the molecule is CCOc1ccc(COc2cccc(C(=O)O)c2C)cc1. The van der Waals surface area contributed by atoms with E-state index < -0.39 is 5.97 Å². The van der Waals surface area contributed by atoms with E-state index in [-0.39, 0.29) is 5.56 Å². The van der Waals surface area contributed by atoms with Gasteiger partial charge in [0.2, 0.25) is 0 Å². The fourth-order valence-corrected chi connectivity index (χ4v) is 2.01. The molecule has 0 aromatic heterocycles. The van der Waals surface area contributed by atoms with E-state index in [1.165, 1.54) is 0 Å². The van der Waals surface area contributed by atoms with Gasteiger partial charge in [-0.3, -0.25) is 0 Å². The summed E-state index contributed by atoms with van der Waals surface area (Å²) in [6, 6.07) is 12.7. The smallest absolute Gasteiger partial charge is 0.336 e. The van der Waals surface area contributed by atoms with Crippen LogP contribution >= 0.6 is 0 Å². The summed E-state index contributed by atoms with van der Waals surface area (Å²) >= 11 is 0. The zero-order valence-electron chi connectivity index (χ0n) is 12.1. The minimum atomic E-state index is -0.945. The van der Waals surface area contributed by atoms with Crippen molar-refractivity contribution >= 4 is 5.97 Å². The maximum Gasteiger partial charge on any atom is 0.336 e. The van der Waals surface area contributed by atoms with Crippen molar-refractivity contribution in [2.75, 3.05) is 6.61 Å². The van der Waals surface area contributed by atoms with Crippen LogP contribution in [0.4, 0.5) is 0 Å². The van der Waals surface area contributed by atoms with Gasteiger partial charge in [0.1, 0.15) is 18.1 Å². The summed E-state index contributed by atoms with van der Waals surface area (Å²) in [6.07, 6.45) is 0. The quantitative estimate of drug-likeness (QED) is 0.880. The van der Waals surface area contributed by atoms with Crippen molar-refractivity contribution in [2.45, 2.75) is 20.5 Å². The lowest BCUT2D eigenvalue weighted by Crippen LogP contribution is -2.03. The lowest BCUT2D eigenvalue weighted by molar-refractivity contribution is 0.0695. The second kappa shape index (κ2) is 6.79. The summed E-state index contributed by atoms with van der Waals surface area (Å²) in [4.78, 5) is 11.1. The van der Waals surface area contributed by atoms with Crippen LogP contribution in [0.3, 0.4) is 0 Å². The molecule has 4 heteroatoms. The highest BCUT2D eigenvalue weighted by atomic mass is 16.5. The number of carboxylic acids is 1. The van der Waals surface area contributed by atoms with E-state index in [4.69, 9.17) is 14.6 Å². The van der Waals surface area contributed by atoms with Gasteiger partial charge in [-0.25, -0.2) is 4.79 Å². The Bertz CT molecular complexity index is 617. The highest BCUT2D eigenvalue weighted by Gasteiger charge is 2.10. The molecule has 0 saturated carbocycles. The van der Waals surface area contributed by atoms with Crippen LogP contribution in [-0.2, 0) is 6.61 Å². The lowest BCUT2D eigenvalue weighted by Gasteiger charge is -2.11. The first-order valence-corrected chi connectivity index (χ1v) is 6.79. The van der Waals surface area contributed by atoms with E-state index in [1.807, 2.05) is 31.2 Å². The zero-order chi connectivity index (χ0) is 15.2. The Hall–Kier alpha value is -2.49. The van der Waals surface area contributed by atoms with Crippen molar-refractivity contribution in [3.05, 3.63) is 59.2 Å². The standard InChI is InChI=1S/C17H18O4/c1-3-20-14-9-7-13(8-10-14)11-21-16-6-4-5-15(12(16)2)17(18)19/h4-10H,3,11H2,1-2H3,(H,18,19). The second-order valence-electron chi connectivity index (χ2n) is 4.60. The Morgan fingerprint density at radius 2 is 1.81 bits per heavy atom. The molecule has 2 rings (SSSR count). The molecule has 0 amide bonds. The fourth-order valence-electron chi connectivity index (χ4n) is 2.01. The Balaban J connectivity index is 2.06. The molecule has 0 radical (unpaired) electrons. The van der Waals surface area contributed by atoms with Gasteiger partial charge in [0.15, 0.2) is 0 Å². The van der Waals surface area contributed by atoms with Crippen molar-refractivity contribution in [3.63, 3.8) is 0 Å². The summed E-state index contributed by atoms with van der Waals surface area (Å²) in [6.45, 7) is 4.71. The Morgan fingerprint density at radius 3 is 2.43 bits per heavy atom. The fraction of sp³-hybridized carbons (Fsp3) is 0.235. The molecule has 0 fully saturated rings. The Labute approximate surface area is 123 Å². The minimum absolute atomic E-state index is 0.263. The van der Waals surface area contributed by atoms with Gasteiger partial charge < -0.3 is 14.6 Å². The Kier molecular flexibility index (Phi) is 4.82. The number of benzene rings is 2. The molecule has 0 heterocycles. The third-order valence-electron chi connectivity index (χ3n) is 3.14. The largest absolute Gasteiger partial charge is 0.494 e. The van der Waals surface area contributed by atoms with Crippen LogP contribution < -0.4 is 9.47 Å². The molecule has 4 nitrogen and oxygen atoms in total. The zero-order valence-corrected chi connectivity index (χ0v) is 12.1. The van der Waals surface area contributed by atoms with Gasteiger partial charge in [-0.2, -0.15) is 0 Å². The first-order chi connectivity index (χ1) is 10.1. The lowest BCUT2D eigenvalue weighted by atomic mass is 10.1. The first-order valence-electron chi connectivity index (χ1n) is 6.79. The summed E-state index contributed by atoms with van der Waals surface area (Å²) in [5.41, 5.74) is 1.90. The molecule has 2 aromatic carbocycles. The summed E-state index contributed by atoms with van der Waals surface area (Å²) in [7, 11) is 0. The van der Waals surface area contributed by atoms with Gasteiger partial charge in [-0.1, -0.05) is 18.2 Å². The molecule has 0 saturated heterocycles. The number of rotatable bonds is 6. The van der Waals surface area contributed by atoms with E-state index in [0.29, 0.717) is 24.5 Å². The highest BCUT2D eigenvalue weighted by Crippen LogP contribution is 2.23. The molecule has 0 atom stereocenters. The second-order valence-corrected chi connectivity index (χ2v) is 4.60. The number of carbonyl (C=O) groups is 1. The minimum Gasteiger partial charge on any atom is -0.494 e. The molecule has 21 heavy (non-hydrogen) atoms. The highest BCUT2D eigenvalue weighted by molar-refractivity contribution is 5.90. The van der Waals surface area contributed by atoms with Crippen LogP contribution in [0.2, 0.25) is 0 Å². The predicted octanol–water partition coefficient (Wildman–Crippen LogP) is 3.67. The van der Waals surface area contributed by atoms with Crippen LogP contribution in [0, 0.1) is 6.92 Å². The van der Waals surface area contributed by atoms with Gasteiger partial charge in [-0.05, 0) is 43.7 Å². The van der Waals surface area contributed by atoms with Gasteiger partial charge in [0, 0.05) is 5.56 Å². The van der Waals surface area contributed by atoms with E-state index in [9.17, 15) is 4.79 Å². The maximum absolute atomic E-state index is 11.1. The van der Waals surface area contributed by atoms with Crippen molar-refractivity contribution in [1.29, 1.82) is 0 Å². The molecular weight excluding hydrogens is 268 g/mol. The van der Waals surface area contributed by atoms with Crippen molar-refractivity contribution < 1.29 is 19.4 Å². The summed E-state index contributed by atoms with van der Waals surface area (Å²) in [5.74, 6) is 0.466. The van der Waals surface area contributed by atoms with Crippen LogP contribution in [0.5, 0.6) is 11.5 Å². The molecule has 0 spiro atoms. The average molecular weight is 286 g/mol. The first kappa shape index (κ1) is 14.9. The molecule has 0 unspecified atom stereocenters. The van der Waals surface area contributed by atoms with Crippen molar-refractivity contribution in [3.8, 4) is 11.5 Å². The molecule has 0 bridgehead atoms. The molecule has 110 valence electrons. The average Bonchev–Trinajstić information content (AvgIpc) is 2.48. The number of hydrogen-bond donors (Lipinski definition) is 1. The number of carboxylic acid groups (broad SMARTS) is 1. The van der Waals surface area contributed by atoms with Gasteiger partial charge >= 0.3 is 5.97 Å². The van der Waals surface area contributed by atoms with Crippen LogP contribution in [0.25, 0.3) is 0 Å². The van der Waals surface area contributed by atoms with Gasteiger partial charge in [0.05, 0.1) is 12.2 Å². The predicted molar refractivity (Wildman–Crippen MR) is 80.1 cm³/mol. The van der Waals surface area contributed by atoms with E-state index >= 15 is 0 Å². The van der Waals surface area contributed by atoms with E-state index in [0.717, 1.165) is 11.3 Å². The van der Waals surface area contributed by atoms with Crippen LogP contribution in [0.15, 0.2) is 42.5 Å². The maximum atomic E-state index is 11.1. The Morgan fingerprint density at radius 1 is 1.10 bits per heavy atom. The van der Waals surface area contributed by atoms with E-state index in [1.54, 1.807) is 25.1 Å². The van der Waals surface area contributed by atoms with E-state index in [2.05, 4.69) is 0 Å². The third kappa shape index (κ3) is 3.75. The number of ether oxygens (including phenoxy) is 2. The molecule has 2 aromatic rings. The molecule has 1 N–H and O–H groups in total. The summed E-state index contributed by atoms with van der Waals surface area (Å²) in [5, 5.41) is 9.09. The third-order valence-corrected chi connectivity index (χ3v) is 3.14. The normalized spacial score (nSPS) is 10.2. The van der Waals surface area contributed by atoms with Crippen molar-refractivity contribution in [2.24, 2.45) is 0 Å². The monoisotopic (exact) mass is 286 g/mol. The molecule has 0 aliphatic heterocycles. The molecular formula is C17H18O4. The summed E-state index contributed by atoms with van der Waals surface area (Å²) < 4.78 is 11.1. The number of hydrogen-bond acceptors (Lipinski definition) is 3. The molecule has 0 aliphatic rings. The topological polar surface area (TPSA) is 55.8 Å².